The lowest BCUT2D eigenvalue weighted by atomic mass is 9.88. The van der Waals surface area contributed by atoms with E-state index in [-0.39, 0.29) is 5.91 Å². The fraction of sp³-hybridized carbons (Fsp3) is 0.500. The number of hydrogen-bond donors (Lipinski definition) is 1. The van der Waals surface area contributed by atoms with Crippen molar-refractivity contribution in [2.24, 2.45) is 5.92 Å². The lowest BCUT2D eigenvalue weighted by Gasteiger charge is -2.47. The Bertz CT molecular complexity index is 598. The van der Waals surface area contributed by atoms with Crippen LogP contribution in [0.15, 0.2) is 24.3 Å². The highest BCUT2D eigenvalue weighted by Gasteiger charge is 2.53. The zero-order valence-corrected chi connectivity index (χ0v) is 12.0. The predicted molar refractivity (Wildman–Crippen MR) is 75.5 cm³/mol. The van der Waals surface area contributed by atoms with Crippen LogP contribution in [0.5, 0.6) is 5.75 Å². The molecule has 21 heavy (non-hydrogen) atoms. The smallest absolute Gasteiger partial charge is 0.263 e. The minimum atomic E-state index is -0.681. The van der Waals surface area contributed by atoms with Gasteiger partial charge in [-0.2, -0.15) is 5.26 Å². The third-order valence-electron chi connectivity index (χ3n) is 4.24. The molecule has 0 radical (unpaired) electrons. The molecule has 5 heteroatoms. The average molecular weight is 286 g/mol. The van der Waals surface area contributed by atoms with Crippen LogP contribution in [0.4, 0.5) is 0 Å². The van der Waals surface area contributed by atoms with Crippen molar-refractivity contribution in [1.82, 2.24) is 4.90 Å². The van der Waals surface area contributed by atoms with E-state index >= 15 is 0 Å². The van der Waals surface area contributed by atoms with E-state index < -0.39 is 11.7 Å². The summed E-state index contributed by atoms with van der Waals surface area (Å²) in [6, 6.07) is 8.90. The monoisotopic (exact) mass is 286 g/mol. The van der Waals surface area contributed by atoms with Gasteiger partial charge in [0.1, 0.15) is 17.4 Å². The van der Waals surface area contributed by atoms with Crippen LogP contribution in [0, 0.1) is 17.2 Å². The fourth-order valence-corrected chi connectivity index (χ4v) is 2.81. The Hall–Kier alpha value is -2.06. The van der Waals surface area contributed by atoms with Crippen LogP contribution in [0.25, 0.3) is 0 Å². The molecule has 110 valence electrons. The SMILES string of the molecule is CC(Oc1ccccc1C#N)C(=O)N1CC(O)(C2CC2)C1. The number of nitriles is 1. The Morgan fingerprint density at radius 3 is 2.76 bits per heavy atom. The van der Waals surface area contributed by atoms with Crippen molar-refractivity contribution in [1.29, 1.82) is 5.26 Å². The largest absolute Gasteiger partial charge is 0.480 e. The van der Waals surface area contributed by atoms with Gasteiger partial charge in [0.25, 0.3) is 5.91 Å². The molecule has 1 aliphatic heterocycles. The number of carbonyl (C=O) groups excluding carboxylic acids is 1. The standard InChI is InChI=1S/C16H18N2O3/c1-11(21-14-5-3-2-4-12(14)8-17)15(19)18-9-16(20,10-18)13-6-7-13/h2-5,11,13,20H,6-7,9-10H2,1H3. The molecule has 5 nitrogen and oxygen atoms in total. The third-order valence-corrected chi connectivity index (χ3v) is 4.24. The normalized spacial score (nSPS) is 21.1. The van der Waals surface area contributed by atoms with Crippen molar-refractivity contribution in [3.8, 4) is 11.8 Å². The first-order chi connectivity index (χ1) is 10.0. The molecule has 2 fully saturated rings. The Labute approximate surface area is 123 Å². The first-order valence-electron chi connectivity index (χ1n) is 7.20. The number of nitrogens with zero attached hydrogens (tertiary/aromatic N) is 2. The third kappa shape index (κ3) is 2.59. The van der Waals surface area contributed by atoms with E-state index in [9.17, 15) is 9.90 Å². The minimum absolute atomic E-state index is 0.145. The highest BCUT2D eigenvalue weighted by atomic mass is 16.5. The van der Waals surface area contributed by atoms with Gasteiger partial charge in [0.05, 0.1) is 18.7 Å². The van der Waals surface area contributed by atoms with Crippen molar-refractivity contribution in [3.63, 3.8) is 0 Å². The molecule has 0 bridgehead atoms. The molecular weight excluding hydrogens is 268 g/mol. The number of rotatable bonds is 4. The summed E-state index contributed by atoms with van der Waals surface area (Å²) >= 11 is 0. The van der Waals surface area contributed by atoms with Gasteiger partial charge in [0, 0.05) is 0 Å². The van der Waals surface area contributed by atoms with Gasteiger partial charge >= 0.3 is 0 Å². The molecule has 1 heterocycles. The zero-order chi connectivity index (χ0) is 15.0. The van der Waals surface area contributed by atoms with Gasteiger partial charge < -0.3 is 14.7 Å². The van der Waals surface area contributed by atoms with Crippen LogP contribution in [-0.2, 0) is 4.79 Å². The van der Waals surface area contributed by atoms with Gasteiger partial charge in [-0.25, -0.2) is 0 Å². The topological polar surface area (TPSA) is 73.6 Å². The quantitative estimate of drug-likeness (QED) is 0.905. The molecule has 0 aromatic heterocycles. The van der Waals surface area contributed by atoms with Gasteiger partial charge in [-0.3, -0.25) is 4.79 Å². The van der Waals surface area contributed by atoms with Gasteiger partial charge in [-0.05, 0) is 37.8 Å². The molecule has 1 N–H and O–H groups in total. The van der Waals surface area contributed by atoms with E-state index in [1.807, 2.05) is 6.07 Å². The van der Waals surface area contributed by atoms with E-state index in [1.165, 1.54) is 0 Å². The van der Waals surface area contributed by atoms with E-state index in [0.29, 0.717) is 30.3 Å². The molecule has 1 saturated carbocycles. The summed E-state index contributed by atoms with van der Waals surface area (Å²) < 4.78 is 5.60. The summed E-state index contributed by atoms with van der Waals surface area (Å²) in [5.41, 5.74) is -0.268. The molecule has 1 aromatic carbocycles. The van der Waals surface area contributed by atoms with Crippen LogP contribution >= 0.6 is 0 Å². The summed E-state index contributed by atoms with van der Waals surface area (Å²) in [5, 5.41) is 19.3. The van der Waals surface area contributed by atoms with Crippen LogP contribution in [0.3, 0.4) is 0 Å². The van der Waals surface area contributed by atoms with Crippen molar-refractivity contribution in [3.05, 3.63) is 29.8 Å². The molecule has 2 aliphatic rings. The molecule has 3 rings (SSSR count). The highest BCUT2D eigenvalue weighted by Crippen LogP contribution is 2.44. The second kappa shape index (κ2) is 5.05. The highest BCUT2D eigenvalue weighted by molar-refractivity contribution is 5.82. The maximum absolute atomic E-state index is 12.3. The molecule has 1 aromatic rings. The van der Waals surface area contributed by atoms with Crippen LogP contribution in [0.2, 0.25) is 0 Å². The van der Waals surface area contributed by atoms with Crippen molar-refractivity contribution >= 4 is 5.91 Å². The van der Waals surface area contributed by atoms with Crippen LogP contribution < -0.4 is 4.74 Å². The Morgan fingerprint density at radius 1 is 1.48 bits per heavy atom. The van der Waals surface area contributed by atoms with Gasteiger partial charge in [0.15, 0.2) is 6.10 Å². The van der Waals surface area contributed by atoms with E-state index in [1.54, 1.807) is 36.1 Å². The van der Waals surface area contributed by atoms with Gasteiger partial charge in [-0.15, -0.1) is 0 Å². The predicted octanol–water partition coefficient (Wildman–Crippen LogP) is 1.31. The summed E-state index contributed by atoms with van der Waals surface area (Å²) in [4.78, 5) is 13.9. The van der Waals surface area contributed by atoms with E-state index in [2.05, 4.69) is 0 Å². The summed E-state index contributed by atoms with van der Waals surface area (Å²) in [7, 11) is 0. The zero-order valence-electron chi connectivity index (χ0n) is 12.0. The maximum Gasteiger partial charge on any atom is 0.263 e. The number of aliphatic hydroxyl groups is 1. The fourth-order valence-electron chi connectivity index (χ4n) is 2.81. The molecule has 0 spiro atoms. The number of likely N-dealkylation sites (tertiary alicyclic amines) is 1. The van der Waals surface area contributed by atoms with Gasteiger partial charge in [0.2, 0.25) is 0 Å². The molecule has 1 aliphatic carbocycles. The van der Waals surface area contributed by atoms with Crippen molar-refractivity contribution in [2.45, 2.75) is 31.5 Å². The number of para-hydroxylation sites is 1. The summed E-state index contributed by atoms with van der Waals surface area (Å²) in [6.07, 6.45) is 1.45. The number of carbonyl (C=O) groups is 1. The Balaban J connectivity index is 1.60. The summed E-state index contributed by atoms with van der Waals surface area (Å²) in [6.45, 7) is 2.46. The van der Waals surface area contributed by atoms with E-state index in [0.717, 1.165) is 12.8 Å². The average Bonchev–Trinajstić information content (AvgIpc) is 3.28. The molecule has 1 atom stereocenters. The number of β-amino-alcohol motifs (C(OH)–C–C–N with tert-alkyl or cyclic N) is 1. The lowest BCUT2D eigenvalue weighted by Crippen LogP contribution is -2.66. The van der Waals surface area contributed by atoms with Gasteiger partial charge in [-0.1, -0.05) is 12.1 Å². The first kappa shape index (κ1) is 13.9. The number of benzene rings is 1. The lowest BCUT2D eigenvalue weighted by molar-refractivity contribution is -0.165. The molecule has 1 saturated heterocycles. The summed E-state index contributed by atoms with van der Waals surface area (Å²) in [5.74, 6) is 0.629. The maximum atomic E-state index is 12.3. The second-order valence-corrected chi connectivity index (χ2v) is 5.94. The van der Waals surface area contributed by atoms with Crippen molar-refractivity contribution < 1.29 is 14.6 Å². The first-order valence-corrected chi connectivity index (χ1v) is 7.20. The minimum Gasteiger partial charge on any atom is -0.480 e. The number of amides is 1. The van der Waals surface area contributed by atoms with Crippen molar-refractivity contribution in [2.75, 3.05) is 13.1 Å². The Kier molecular flexibility index (Phi) is 3.34. The number of hydrogen-bond acceptors (Lipinski definition) is 4. The van der Waals surface area contributed by atoms with Crippen LogP contribution in [0.1, 0.15) is 25.3 Å². The Morgan fingerprint density at radius 2 is 2.14 bits per heavy atom. The molecule has 1 unspecified atom stereocenters. The molecule has 1 amide bonds. The second-order valence-electron chi connectivity index (χ2n) is 5.94. The van der Waals surface area contributed by atoms with E-state index in [4.69, 9.17) is 10.00 Å². The number of ether oxygens (including phenoxy) is 1. The van der Waals surface area contributed by atoms with Crippen LogP contribution in [-0.4, -0.2) is 40.7 Å². The molecular formula is C16H18N2O3.